The first-order valence-corrected chi connectivity index (χ1v) is 6.51. The number of halogens is 2. The van der Waals surface area contributed by atoms with E-state index < -0.39 is 0 Å². The van der Waals surface area contributed by atoms with E-state index in [1.165, 1.54) is 0 Å². The molecule has 0 aliphatic heterocycles. The molecule has 0 saturated heterocycles. The molecule has 0 spiro atoms. The molecule has 0 bridgehead atoms. The SMILES string of the molecule is CN(CCC#N)C(=S)NCc1ccc(Cl)c(Cl)c1. The zero-order valence-corrected chi connectivity index (χ0v) is 12.2. The van der Waals surface area contributed by atoms with Crippen molar-refractivity contribution in [1.29, 1.82) is 5.26 Å². The average Bonchev–Trinajstić information content (AvgIpc) is 2.36. The highest BCUT2D eigenvalue weighted by Gasteiger charge is 2.04. The van der Waals surface area contributed by atoms with E-state index in [1.807, 2.05) is 18.0 Å². The molecule has 18 heavy (non-hydrogen) atoms. The van der Waals surface area contributed by atoms with Gasteiger partial charge in [-0.25, -0.2) is 0 Å². The predicted molar refractivity (Wildman–Crippen MR) is 78.8 cm³/mol. The molecule has 1 aromatic rings. The van der Waals surface area contributed by atoms with Gasteiger partial charge in [0.1, 0.15) is 0 Å². The van der Waals surface area contributed by atoms with Gasteiger partial charge >= 0.3 is 0 Å². The van der Waals surface area contributed by atoms with Gasteiger partial charge in [-0.1, -0.05) is 29.3 Å². The van der Waals surface area contributed by atoms with Crippen molar-refractivity contribution in [1.82, 2.24) is 10.2 Å². The largest absolute Gasteiger partial charge is 0.358 e. The Bertz CT molecular complexity index is 471. The highest BCUT2D eigenvalue weighted by molar-refractivity contribution is 7.80. The number of rotatable bonds is 4. The van der Waals surface area contributed by atoms with Gasteiger partial charge in [0, 0.05) is 20.1 Å². The predicted octanol–water partition coefficient (Wildman–Crippen LogP) is 3.21. The van der Waals surface area contributed by atoms with Crippen LogP contribution in [0.1, 0.15) is 12.0 Å². The van der Waals surface area contributed by atoms with E-state index in [9.17, 15) is 0 Å². The molecule has 1 N–H and O–H groups in total. The molecule has 1 rings (SSSR count). The van der Waals surface area contributed by atoms with Crippen LogP contribution in [0.5, 0.6) is 0 Å². The summed E-state index contributed by atoms with van der Waals surface area (Å²) in [4.78, 5) is 1.83. The van der Waals surface area contributed by atoms with Crippen molar-refractivity contribution in [2.24, 2.45) is 0 Å². The Morgan fingerprint density at radius 1 is 1.44 bits per heavy atom. The number of nitrogens with one attached hydrogen (secondary N) is 1. The monoisotopic (exact) mass is 301 g/mol. The molecule has 0 atom stereocenters. The summed E-state index contributed by atoms with van der Waals surface area (Å²) in [6.07, 6.45) is 0.449. The second-order valence-corrected chi connectivity index (χ2v) is 4.94. The van der Waals surface area contributed by atoms with Crippen molar-refractivity contribution in [2.45, 2.75) is 13.0 Å². The first kappa shape index (κ1) is 15.0. The highest BCUT2D eigenvalue weighted by Crippen LogP contribution is 2.22. The van der Waals surface area contributed by atoms with E-state index in [0.29, 0.717) is 34.7 Å². The Morgan fingerprint density at radius 2 is 2.17 bits per heavy atom. The molecule has 96 valence electrons. The summed E-state index contributed by atoms with van der Waals surface area (Å²) < 4.78 is 0. The molecule has 6 heteroatoms. The number of hydrogen-bond donors (Lipinski definition) is 1. The molecule has 0 fully saturated rings. The van der Waals surface area contributed by atoms with Crippen molar-refractivity contribution in [3.05, 3.63) is 33.8 Å². The Kier molecular flexibility index (Phi) is 6.20. The van der Waals surface area contributed by atoms with Crippen LogP contribution in [0.25, 0.3) is 0 Å². The van der Waals surface area contributed by atoms with Gasteiger partial charge in [-0.3, -0.25) is 0 Å². The smallest absolute Gasteiger partial charge is 0.168 e. The molecule has 3 nitrogen and oxygen atoms in total. The van der Waals surface area contributed by atoms with E-state index in [4.69, 9.17) is 40.7 Å². The Hall–Kier alpha value is -1.02. The fourth-order valence-corrected chi connectivity index (χ4v) is 1.77. The zero-order chi connectivity index (χ0) is 13.5. The fraction of sp³-hybridized carbons (Fsp3) is 0.333. The topological polar surface area (TPSA) is 39.1 Å². The lowest BCUT2D eigenvalue weighted by molar-refractivity contribution is 0.503. The van der Waals surface area contributed by atoms with Crippen molar-refractivity contribution in [2.75, 3.05) is 13.6 Å². The number of hydrogen-bond acceptors (Lipinski definition) is 2. The van der Waals surface area contributed by atoms with E-state index in [-0.39, 0.29) is 0 Å². The standard InChI is InChI=1S/C12H13Cl2N3S/c1-17(6-2-5-15)12(18)16-8-9-3-4-10(13)11(14)7-9/h3-4,7H,2,6,8H2,1H3,(H,16,18). The van der Waals surface area contributed by atoms with Gasteiger partial charge in [0.25, 0.3) is 0 Å². The second kappa shape index (κ2) is 7.42. The Morgan fingerprint density at radius 3 is 2.78 bits per heavy atom. The summed E-state index contributed by atoms with van der Waals surface area (Å²) in [6.45, 7) is 1.19. The number of benzene rings is 1. The van der Waals surface area contributed by atoms with Gasteiger partial charge in [0.15, 0.2) is 5.11 Å². The van der Waals surface area contributed by atoms with E-state index in [2.05, 4.69) is 11.4 Å². The van der Waals surface area contributed by atoms with Crippen molar-refractivity contribution in [3.63, 3.8) is 0 Å². The summed E-state index contributed by atoms with van der Waals surface area (Å²) in [5.74, 6) is 0. The lowest BCUT2D eigenvalue weighted by atomic mass is 10.2. The molecule has 0 aromatic heterocycles. The lowest BCUT2D eigenvalue weighted by Crippen LogP contribution is -2.37. The van der Waals surface area contributed by atoms with Crippen LogP contribution < -0.4 is 5.32 Å². The molecular formula is C12H13Cl2N3S. The summed E-state index contributed by atoms with van der Waals surface area (Å²) in [6, 6.07) is 7.52. The maximum atomic E-state index is 8.49. The van der Waals surface area contributed by atoms with Crippen LogP contribution in [0.15, 0.2) is 18.2 Å². The Labute approximate surface area is 122 Å². The minimum atomic E-state index is 0.449. The van der Waals surface area contributed by atoms with Crippen molar-refractivity contribution in [3.8, 4) is 6.07 Å². The minimum Gasteiger partial charge on any atom is -0.358 e. The van der Waals surface area contributed by atoms with Gasteiger partial charge < -0.3 is 10.2 Å². The van der Waals surface area contributed by atoms with Crippen LogP contribution in [0.3, 0.4) is 0 Å². The van der Waals surface area contributed by atoms with E-state index >= 15 is 0 Å². The quantitative estimate of drug-likeness (QED) is 0.867. The molecule has 1 aromatic carbocycles. The summed E-state index contributed by atoms with van der Waals surface area (Å²) in [5, 5.41) is 13.3. The maximum Gasteiger partial charge on any atom is 0.168 e. The average molecular weight is 302 g/mol. The van der Waals surface area contributed by atoms with Crippen LogP contribution in [0, 0.1) is 11.3 Å². The molecule has 0 aliphatic carbocycles. The van der Waals surface area contributed by atoms with E-state index in [0.717, 1.165) is 5.56 Å². The normalized spacial score (nSPS) is 9.67. The third-order valence-corrected chi connectivity index (χ3v) is 3.53. The van der Waals surface area contributed by atoms with Crippen LogP contribution in [0.4, 0.5) is 0 Å². The Balaban J connectivity index is 2.47. The first-order valence-electron chi connectivity index (χ1n) is 5.34. The van der Waals surface area contributed by atoms with Crippen molar-refractivity contribution < 1.29 is 0 Å². The third-order valence-electron chi connectivity index (χ3n) is 2.33. The van der Waals surface area contributed by atoms with Crippen molar-refractivity contribution >= 4 is 40.5 Å². The number of nitrogens with zero attached hydrogens (tertiary/aromatic N) is 2. The summed E-state index contributed by atoms with van der Waals surface area (Å²) >= 11 is 16.9. The maximum absolute atomic E-state index is 8.49. The highest BCUT2D eigenvalue weighted by atomic mass is 35.5. The fourth-order valence-electron chi connectivity index (χ4n) is 1.28. The zero-order valence-electron chi connectivity index (χ0n) is 9.91. The van der Waals surface area contributed by atoms with Gasteiger partial charge in [-0.15, -0.1) is 0 Å². The minimum absolute atomic E-state index is 0.449. The molecular weight excluding hydrogens is 289 g/mol. The van der Waals surface area contributed by atoms with E-state index in [1.54, 1.807) is 12.1 Å². The van der Waals surface area contributed by atoms with Crippen LogP contribution in [-0.2, 0) is 6.54 Å². The molecule has 0 saturated carbocycles. The van der Waals surface area contributed by atoms with Crippen LogP contribution in [-0.4, -0.2) is 23.6 Å². The molecule has 0 radical (unpaired) electrons. The first-order chi connectivity index (χ1) is 8.54. The molecule has 0 heterocycles. The van der Waals surface area contributed by atoms with Gasteiger partial charge in [0.05, 0.1) is 22.5 Å². The molecule has 0 amide bonds. The molecule has 0 aliphatic rings. The van der Waals surface area contributed by atoms with Gasteiger partial charge in [-0.2, -0.15) is 5.26 Å². The summed E-state index contributed by atoms with van der Waals surface area (Å²) in [5.41, 5.74) is 1.00. The molecule has 0 unspecified atom stereocenters. The number of nitriles is 1. The lowest BCUT2D eigenvalue weighted by Gasteiger charge is -2.19. The van der Waals surface area contributed by atoms with Crippen LogP contribution >= 0.6 is 35.4 Å². The van der Waals surface area contributed by atoms with Crippen LogP contribution in [0.2, 0.25) is 10.0 Å². The van der Waals surface area contributed by atoms with Gasteiger partial charge in [-0.05, 0) is 29.9 Å². The number of thiocarbonyl (C=S) groups is 1. The third kappa shape index (κ3) is 4.69. The second-order valence-electron chi connectivity index (χ2n) is 3.74. The van der Waals surface area contributed by atoms with Gasteiger partial charge in [0.2, 0.25) is 0 Å². The summed E-state index contributed by atoms with van der Waals surface area (Å²) in [7, 11) is 1.85.